The average molecular weight is 310 g/mol. The molecule has 0 amide bonds. The summed E-state index contributed by atoms with van der Waals surface area (Å²) in [5, 5.41) is -0.195. The van der Waals surface area contributed by atoms with Crippen molar-refractivity contribution in [2.45, 2.75) is 17.1 Å². The maximum Gasteiger partial charge on any atom is 0.186 e. The molecule has 0 unspecified atom stereocenters. The Bertz CT molecular complexity index is 679. The van der Waals surface area contributed by atoms with E-state index in [1.165, 1.54) is 0 Å². The summed E-state index contributed by atoms with van der Waals surface area (Å²) in [6, 6.07) is 13.5. The molecule has 0 spiro atoms. The maximum atomic E-state index is 12.6. The zero-order valence-corrected chi connectivity index (χ0v) is 12.7. The number of hydrogen-bond donors (Lipinski definition) is 1. The van der Waals surface area contributed by atoms with E-state index in [1.54, 1.807) is 48.5 Å². The van der Waals surface area contributed by atoms with Crippen LogP contribution in [0, 0.1) is 6.92 Å². The highest BCUT2D eigenvalue weighted by Crippen LogP contribution is 2.29. The smallest absolute Gasteiger partial charge is 0.186 e. The molecule has 0 aliphatic carbocycles. The lowest BCUT2D eigenvalue weighted by atomic mass is 10.1. The summed E-state index contributed by atoms with van der Waals surface area (Å²) >= 11 is 5.83. The third kappa shape index (κ3) is 3.03. The molecule has 2 aromatic rings. The number of nitrogens with two attached hydrogens (primary N) is 1. The van der Waals surface area contributed by atoms with Gasteiger partial charge >= 0.3 is 0 Å². The van der Waals surface area contributed by atoms with Gasteiger partial charge in [0.1, 0.15) is 5.25 Å². The largest absolute Gasteiger partial charge is 0.329 e. The van der Waals surface area contributed by atoms with Gasteiger partial charge in [0.15, 0.2) is 9.84 Å². The zero-order valence-electron chi connectivity index (χ0n) is 11.1. The fraction of sp³-hybridized carbons (Fsp3) is 0.200. The zero-order chi connectivity index (χ0) is 14.8. The highest BCUT2D eigenvalue weighted by atomic mass is 35.5. The molecule has 20 heavy (non-hydrogen) atoms. The van der Waals surface area contributed by atoms with E-state index in [0.717, 1.165) is 5.56 Å². The van der Waals surface area contributed by atoms with Crippen molar-refractivity contribution < 1.29 is 8.42 Å². The Hall–Kier alpha value is -1.36. The molecule has 0 fully saturated rings. The lowest BCUT2D eigenvalue weighted by Crippen LogP contribution is -2.22. The number of hydrogen-bond acceptors (Lipinski definition) is 3. The molecule has 0 saturated heterocycles. The molecule has 2 aromatic carbocycles. The molecule has 3 nitrogen and oxygen atoms in total. The van der Waals surface area contributed by atoms with Crippen LogP contribution in [-0.2, 0) is 9.84 Å². The monoisotopic (exact) mass is 309 g/mol. The van der Waals surface area contributed by atoms with Crippen LogP contribution in [0.3, 0.4) is 0 Å². The van der Waals surface area contributed by atoms with E-state index >= 15 is 0 Å². The van der Waals surface area contributed by atoms with Gasteiger partial charge in [-0.3, -0.25) is 0 Å². The first kappa shape index (κ1) is 15.0. The minimum atomic E-state index is -3.50. The summed E-state index contributed by atoms with van der Waals surface area (Å²) in [6.45, 7) is 1.94. The first-order chi connectivity index (χ1) is 9.45. The first-order valence-electron chi connectivity index (χ1n) is 6.21. The highest BCUT2D eigenvalue weighted by molar-refractivity contribution is 7.91. The molecule has 0 aliphatic rings. The van der Waals surface area contributed by atoms with Crippen molar-refractivity contribution in [3.63, 3.8) is 0 Å². The van der Waals surface area contributed by atoms with Crippen LogP contribution in [0.4, 0.5) is 0 Å². The normalized spacial score (nSPS) is 13.2. The Balaban J connectivity index is 2.44. The van der Waals surface area contributed by atoms with Crippen LogP contribution in [0.5, 0.6) is 0 Å². The minimum Gasteiger partial charge on any atom is -0.329 e. The van der Waals surface area contributed by atoms with Crippen LogP contribution in [-0.4, -0.2) is 15.0 Å². The van der Waals surface area contributed by atoms with Crippen LogP contribution in [0.2, 0.25) is 5.02 Å². The first-order valence-corrected chi connectivity index (χ1v) is 8.13. The highest BCUT2D eigenvalue weighted by Gasteiger charge is 2.27. The van der Waals surface area contributed by atoms with Crippen molar-refractivity contribution in [1.82, 2.24) is 0 Å². The molecule has 0 aliphatic heterocycles. The van der Waals surface area contributed by atoms with Gasteiger partial charge in [0.25, 0.3) is 0 Å². The molecule has 0 heterocycles. The van der Waals surface area contributed by atoms with Crippen LogP contribution in [0.25, 0.3) is 0 Å². The second-order valence-corrected chi connectivity index (χ2v) is 7.20. The summed E-state index contributed by atoms with van der Waals surface area (Å²) in [6.07, 6.45) is 0. The third-order valence-corrected chi connectivity index (χ3v) is 5.57. The molecule has 0 saturated carbocycles. The lowest BCUT2D eigenvalue weighted by Gasteiger charge is -2.16. The summed E-state index contributed by atoms with van der Waals surface area (Å²) < 4.78 is 25.3. The van der Waals surface area contributed by atoms with E-state index in [0.29, 0.717) is 10.6 Å². The summed E-state index contributed by atoms with van der Waals surface area (Å²) in [5.74, 6) is 0. The maximum absolute atomic E-state index is 12.6. The van der Waals surface area contributed by atoms with Crippen molar-refractivity contribution >= 4 is 21.4 Å². The summed E-state index contributed by atoms with van der Waals surface area (Å²) in [7, 11) is -3.50. The Labute approximate surface area is 124 Å². The molecule has 2 rings (SSSR count). The lowest BCUT2D eigenvalue weighted by molar-refractivity contribution is 0.582. The molecule has 106 valence electrons. The number of rotatable bonds is 4. The van der Waals surface area contributed by atoms with Crippen molar-refractivity contribution in [2.75, 3.05) is 6.54 Å². The van der Waals surface area contributed by atoms with Gasteiger partial charge in [0, 0.05) is 11.6 Å². The third-order valence-electron chi connectivity index (χ3n) is 3.18. The Morgan fingerprint density at radius 1 is 1.05 bits per heavy atom. The van der Waals surface area contributed by atoms with Crippen molar-refractivity contribution in [2.24, 2.45) is 5.73 Å². The fourth-order valence-corrected chi connectivity index (χ4v) is 3.75. The Morgan fingerprint density at radius 3 is 2.10 bits per heavy atom. The standard InChI is InChI=1S/C15H16ClNO2S/c1-11-2-8-14(9-3-11)20(18,19)15(10-17)12-4-6-13(16)7-5-12/h2-9,15H,10,17H2,1H3/t15-/m1/s1. The topological polar surface area (TPSA) is 60.2 Å². The van der Waals surface area contributed by atoms with Crippen molar-refractivity contribution in [3.8, 4) is 0 Å². The Kier molecular flexibility index (Phi) is 4.48. The molecule has 0 aromatic heterocycles. The van der Waals surface area contributed by atoms with Gasteiger partial charge in [-0.15, -0.1) is 0 Å². The van der Waals surface area contributed by atoms with Crippen LogP contribution >= 0.6 is 11.6 Å². The van der Waals surface area contributed by atoms with Gasteiger partial charge in [-0.2, -0.15) is 0 Å². The van der Waals surface area contributed by atoms with Gasteiger partial charge in [0.05, 0.1) is 4.90 Å². The van der Waals surface area contributed by atoms with Crippen molar-refractivity contribution in [3.05, 3.63) is 64.7 Å². The Morgan fingerprint density at radius 2 is 1.60 bits per heavy atom. The quantitative estimate of drug-likeness (QED) is 0.944. The molecule has 5 heteroatoms. The summed E-state index contributed by atoms with van der Waals surface area (Å²) in [4.78, 5) is 0.286. The van der Waals surface area contributed by atoms with E-state index in [-0.39, 0.29) is 11.4 Å². The number of benzene rings is 2. The SMILES string of the molecule is Cc1ccc(S(=O)(=O)[C@H](CN)c2ccc(Cl)cc2)cc1. The molecule has 0 bridgehead atoms. The predicted molar refractivity (Wildman–Crippen MR) is 81.6 cm³/mol. The van der Waals surface area contributed by atoms with E-state index < -0.39 is 15.1 Å². The minimum absolute atomic E-state index is 0.0256. The molecular formula is C15H16ClNO2S. The van der Waals surface area contributed by atoms with Crippen LogP contribution in [0.1, 0.15) is 16.4 Å². The van der Waals surface area contributed by atoms with Crippen LogP contribution < -0.4 is 5.73 Å². The number of sulfone groups is 1. The van der Waals surface area contributed by atoms with E-state index in [1.807, 2.05) is 6.92 Å². The second-order valence-electron chi connectivity index (χ2n) is 4.63. The van der Waals surface area contributed by atoms with Gasteiger partial charge < -0.3 is 5.73 Å². The molecule has 1 atom stereocenters. The van der Waals surface area contributed by atoms with E-state index in [9.17, 15) is 8.42 Å². The average Bonchev–Trinajstić information content (AvgIpc) is 2.42. The number of aryl methyl sites for hydroxylation is 1. The van der Waals surface area contributed by atoms with E-state index in [4.69, 9.17) is 17.3 Å². The summed E-state index contributed by atoms with van der Waals surface area (Å²) in [5.41, 5.74) is 7.35. The van der Waals surface area contributed by atoms with Crippen molar-refractivity contribution in [1.29, 1.82) is 0 Å². The van der Waals surface area contributed by atoms with Crippen LogP contribution in [0.15, 0.2) is 53.4 Å². The van der Waals surface area contributed by atoms with Gasteiger partial charge in [-0.05, 0) is 36.8 Å². The molecule has 2 N–H and O–H groups in total. The fourth-order valence-electron chi connectivity index (χ4n) is 2.01. The van der Waals surface area contributed by atoms with Gasteiger partial charge in [-0.25, -0.2) is 8.42 Å². The predicted octanol–water partition coefficient (Wildman–Crippen LogP) is 3.12. The number of halogens is 1. The second kappa shape index (κ2) is 5.95. The molecular weight excluding hydrogens is 294 g/mol. The van der Waals surface area contributed by atoms with Gasteiger partial charge in [-0.1, -0.05) is 41.4 Å². The van der Waals surface area contributed by atoms with E-state index in [2.05, 4.69) is 0 Å². The molecule has 0 radical (unpaired) electrons. The van der Waals surface area contributed by atoms with Gasteiger partial charge in [0.2, 0.25) is 0 Å².